The molecule has 0 unspecified atom stereocenters. The highest BCUT2D eigenvalue weighted by Gasteiger charge is 2.32. The van der Waals surface area contributed by atoms with Crippen molar-refractivity contribution >= 4 is 33.3 Å². The minimum atomic E-state index is -0.531. The van der Waals surface area contributed by atoms with Gasteiger partial charge in [0.1, 0.15) is 21.3 Å². The fourth-order valence-corrected chi connectivity index (χ4v) is 4.76. The maximum atomic E-state index is 12.3. The number of hydrogen-bond donors (Lipinski definition) is 2. The Morgan fingerprint density at radius 3 is 2.89 bits per heavy atom. The molecule has 2 aromatic heterocycles. The van der Waals surface area contributed by atoms with Gasteiger partial charge in [-0.1, -0.05) is 24.3 Å². The lowest BCUT2D eigenvalue weighted by molar-refractivity contribution is 0.0531. The second-order valence-electron chi connectivity index (χ2n) is 6.67. The number of anilines is 1. The number of esters is 1. The summed E-state index contributed by atoms with van der Waals surface area (Å²) in [7, 11) is 0. The van der Waals surface area contributed by atoms with Gasteiger partial charge in [0.2, 0.25) is 0 Å². The van der Waals surface area contributed by atoms with E-state index in [0.717, 1.165) is 26.9 Å². The van der Waals surface area contributed by atoms with Crippen molar-refractivity contribution in [3.8, 4) is 0 Å². The van der Waals surface area contributed by atoms with Gasteiger partial charge in [0.15, 0.2) is 0 Å². The predicted molar refractivity (Wildman–Crippen MR) is 105 cm³/mol. The van der Waals surface area contributed by atoms with Crippen molar-refractivity contribution < 1.29 is 14.6 Å². The number of nitrogens with zero attached hydrogens (tertiary/aromatic N) is 2. The molecule has 27 heavy (non-hydrogen) atoms. The van der Waals surface area contributed by atoms with E-state index in [1.807, 2.05) is 38.1 Å². The minimum absolute atomic E-state index is 0.246. The molecule has 0 saturated heterocycles. The Hall–Kier alpha value is -2.51. The minimum Gasteiger partial charge on any atom is -0.462 e. The summed E-state index contributed by atoms with van der Waals surface area (Å²) in [6, 6.07) is 7.77. The van der Waals surface area contributed by atoms with Gasteiger partial charge < -0.3 is 15.2 Å². The van der Waals surface area contributed by atoms with Crippen LogP contribution in [0.1, 0.15) is 45.2 Å². The molecule has 0 saturated carbocycles. The molecular formula is C20H21N3O3S. The van der Waals surface area contributed by atoms with Crippen molar-refractivity contribution in [2.45, 2.75) is 39.3 Å². The molecule has 0 fully saturated rings. The fraction of sp³-hybridized carbons (Fsp3) is 0.350. The van der Waals surface area contributed by atoms with Crippen LogP contribution < -0.4 is 5.32 Å². The van der Waals surface area contributed by atoms with Gasteiger partial charge in [-0.05, 0) is 37.5 Å². The van der Waals surface area contributed by atoms with E-state index in [9.17, 15) is 9.90 Å². The number of carbonyl (C=O) groups excluding carboxylic acids is 1. The molecular weight excluding hydrogens is 362 g/mol. The number of aliphatic hydroxyl groups excluding tert-OH is 1. The molecule has 4 rings (SSSR count). The molecule has 6 nitrogen and oxygen atoms in total. The topological polar surface area (TPSA) is 84.3 Å². The smallest absolute Gasteiger partial charge is 0.348 e. The number of ether oxygens (including phenoxy) is 1. The van der Waals surface area contributed by atoms with Crippen molar-refractivity contribution in [2.75, 3.05) is 11.9 Å². The van der Waals surface area contributed by atoms with E-state index in [0.29, 0.717) is 29.5 Å². The summed E-state index contributed by atoms with van der Waals surface area (Å²) >= 11 is 1.32. The van der Waals surface area contributed by atoms with E-state index in [2.05, 4.69) is 15.3 Å². The van der Waals surface area contributed by atoms with Crippen molar-refractivity contribution in [1.82, 2.24) is 9.97 Å². The number of benzene rings is 1. The number of thiophene rings is 1. The highest BCUT2D eigenvalue weighted by Crippen LogP contribution is 2.38. The fourth-order valence-electron chi connectivity index (χ4n) is 3.64. The van der Waals surface area contributed by atoms with Crippen LogP contribution in [0.3, 0.4) is 0 Å². The van der Waals surface area contributed by atoms with Crippen LogP contribution in [-0.2, 0) is 11.2 Å². The average molecular weight is 383 g/mol. The van der Waals surface area contributed by atoms with Crippen LogP contribution in [-0.4, -0.2) is 33.8 Å². The molecule has 0 amide bonds. The highest BCUT2D eigenvalue weighted by atomic mass is 32.1. The van der Waals surface area contributed by atoms with E-state index < -0.39 is 6.10 Å². The van der Waals surface area contributed by atoms with Gasteiger partial charge in [-0.15, -0.1) is 11.3 Å². The van der Waals surface area contributed by atoms with Crippen LogP contribution >= 0.6 is 11.3 Å². The zero-order valence-electron chi connectivity index (χ0n) is 15.4. The Balaban J connectivity index is 1.79. The summed E-state index contributed by atoms with van der Waals surface area (Å²) in [4.78, 5) is 22.6. The van der Waals surface area contributed by atoms with E-state index in [1.54, 1.807) is 6.92 Å². The summed E-state index contributed by atoms with van der Waals surface area (Å²) in [5.74, 6) is 0.915. The zero-order chi connectivity index (χ0) is 19.1. The Labute approximate surface area is 161 Å². The Kier molecular flexibility index (Phi) is 4.57. The maximum absolute atomic E-state index is 12.3. The van der Waals surface area contributed by atoms with E-state index in [-0.39, 0.29) is 12.0 Å². The Morgan fingerprint density at radius 2 is 2.11 bits per heavy atom. The first-order chi connectivity index (χ1) is 13.0. The lowest BCUT2D eigenvalue weighted by Crippen LogP contribution is -2.22. The number of aromatic nitrogens is 2. The molecule has 2 N–H and O–H groups in total. The van der Waals surface area contributed by atoms with Crippen molar-refractivity contribution in [3.05, 3.63) is 51.7 Å². The summed E-state index contributed by atoms with van der Waals surface area (Å²) in [6.45, 7) is 5.82. The monoisotopic (exact) mass is 383 g/mol. The van der Waals surface area contributed by atoms with Crippen molar-refractivity contribution in [2.24, 2.45) is 0 Å². The van der Waals surface area contributed by atoms with Crippen LogP contribution in [0.2, 0.25) is 0 Å². The van der Waals surface area contributed by atoms with Gasteiger partial charge in [0, 0.05) is 6.42 Å². The first-order valence-corrected chi connectivity index (χ1v) is 9.78. The molecule has 0 aliphatic heterocycles. The van der Waals surface area contributed by atoms with Crippen LogP contribution in [0.25, 0.3) is 10.2 Å². The quantitative estimate of drug-likeness (QED) is 0.670. The van der Waals surface area contributed by atoms with E-state index in [1.165, 1.54) is 11.3 Å². The molecule has 0 spiro atoms. The maximum Gasteiger partial charge on any atom is 0.348 e. The van der Waals surface area contributed by atoms with Crippen LogP contribution in [0.5, 0.6) is 0 Å². The third-order valence-corrected chi connectivity index (χ3v) is 6.02. The number of carbonyl (C=O) groups is 1. The lowest BCUT2D eigenvalue weighted by Gasteiger charge is -2.19. The van der Waals surface area contributed by atoms with Crippen molar-refractivity contribution in [1.29, 1.82) is 0 Å². The Bertz CT molecular complexity index is 1030. The predicted octanol–water partition coefficient (Wildman–Crippen LogP) is 3.56. The third kappa shape index (κ3) is 3.07. The molecule has 3 aromatic rings. The first-order valence-electron chi connectivity index (χ1n) is 8.96. The van der Waals surface area contributed by atoms with Gasteiger partial charge in [-0.25, -0.2) is 14.8 Å². The van der Waals surface area contributed by atoms with Crippen molar-refractivity contribution in [3.63, 3.8) is 0 Å². The van der Waals surface area contributed by atoms with E-state index in [4.69, 9.17) is 4.74 Å². The molecule has 2 atom stereocenters. The van der Waals surface area contributed by atoms with Gasteiger partial charge in [0.25, 0.3) is 0 Å². The largest absolute Gasteiger partial charge is 0.462 e. The summed E-state index contributed by atoms with van der Waals surface area (Å²) < 4.78 is 5.17. The highest BCUT2D eigenvalue weighted by molar-refractivity contribution is 7.20. The number of aliphatic hydroxyl groups is 1. The molecule has 140 valence electrons. The van der Waals surface area contributed by atoms with Gasteiger partial charge in [-0.2, -0.15) is 0 Å². The number of rotatable bonds is 4. The summed E-state index contributed by atoms with van der Waals surface area (Å²) in [5, 5.41) is 14.8. The van der Waals surface area contributed by atoms with Gasteiger partial charge >= 0.3 is 5.97 Å². The SMILES string of the molecule is CCOC(=O)c1sc2nc(C)nc(N[C@H]3c4ccccc4C[C@H]3O)c2c1C. The molecule has 1 aliphatic carbocycles. The number of aryl methyl sites for hydroxylation is 2. The van der Waals surface area contributed by atoms with E-state index >= 15 is 0 Å². The van der Waals surface area contributed by atoms with Gasteiger partial charge in [-0.3, -0.25) is 0 Å². The number of hydrogen-bond acceptors (Lipinski definition) is 7. The summed E-state index contributed by atoms with van der Waals surface area (Å²) in [5.41, 5.74) is 3.02. The molecule has 1 aliphatic rings. The standard InChI is InChI=1S/C20H21N3O3S/c1-4-26-20(25)17-10(2)15-18(21-11(3)22-19(15)27-17)23-16-13-8-6-5-7-12(13)9-14(16)24/h5-8,14,16,24H,4,9H2,1-3H3,(H,21,22,23)/t14-,16+/m1/s1. The molecule has 0 bridgehead atoms. The molecule has 7 heteroatoms. The van der Waals surface area contributed by atoms with Crippen LogP contribution in [0, 0.1) is 13.8 Å². The molecule has 2 heterocycles. The third-order valence-electron chi connectivity index (χ3n) is 4.86. The number of nitrogens with one attached hydrogen (secondary N) is 1. The van der Waals surface area contributed by atoms with Crippen LogP contribution in [0.4, 0.5) is 5.82 Å². The average Bonchev–Trinajstić information content (AvgIpc) is 3.12. The lowest BCUT2D eigenvalue weighted by atomic mass is 10.1. The van der Waals surface area contributed by atoms with Crippen LogP contribution in [0.15, 0.2) is 24.3 Å². The second kappa shape index (κ2) is 6.90. The Morgan fingerprint density at radius 1 is 1.33 bits per heavy atom. The molecule has 0 radical (unpaired) electrons. The zero-order valence-corrected chi connectivity index (χ0v) is 16.3. The first kappa shape index (κ1) is 17.9. The second-order valence-corrected chi connectivity index (χ2v) is 7.67. The number of fused-ring (bicyclic) bond motifs is 2. The normalized spacial score (nSPS) is 18.5. The summed E-state index contributed by atoms with van der Waals surface area (Å²) in [6.07, 6.45) is 0.0776. The molecule has 1 aromatic carbocycles. The van der Waals surface area contributed by atoms with Gasteiger partial charge in [0.05, 0.1) is 24.1 Å².